The molecule has 8 unspecified atom stereocenters. The van der Waals surface area contributed by atoms with E-state index in [1.165, 1.54) is 7.11 Å². The Kier molecular flexibility index (Phi) is 13.2. The van der Waals surface area contributed by atoms with E-state index in [1.54, 1.807) is 0 Å². The molecule has 0 aliphatic heterocycles. The van der Waals surface area contributed by atoms with E-state index in [-0.39, 0.29) is 90.4 Å². The Balaban J connectivity index is 0.00000312. The molecular weight excluding hydrogens is 406 g/mol. The second kappa shape index (κ2) is 12.7. The Morgan fingerprint density at radius 2 is 1.65 bits per heavy atom. The number of hydrogen-bond acceptors (Lipinski definition) is 8. The van der Waals surface area contributed by atoms with E-state index in [9.17, 15) is 27.1 Å². The molecule has 0 radical (unpaired) electrons. The Bertz CT molecular complexity index is 535. The quantitative estimate of drug-likeness (QED) is 0.177. The molecule has 0 aromatic heterocycles. The number of methoxy groups -OCH3 is 1. The average molecular weight is 426 g/mol. The van der Waals surface area contributed by atoms with Crippen molar-refractivity contribution in [3.63, 3.8) is 0 Å². The van der Waals surface area contributed by atoms with E-state index in [0.717, 1.165) is 0 Å². The average Bonchev–Trinajstić information content (AvgIpc) is 2.56. The maximum atomic E-state index is 11.9. The van der Waals surface area contributed by atoms with Crippen molar-refractivity contribution in [2.75, 3.05) is 13.7 Å². The van der Waals surface area contributed by atoms with E-state index in [1.807, 2.05) is 0 Å². The summed E-state index contributed by atoms with van der Waals surface area (Å²) in [6.45, 7) is 0.400. The van der Waals surface area contributed by atoms with E-state index >= 15 is 0 Å². The largest absolute Gasteiger partial charge is 1.00 e. The number of carbonyl (C=O) groups excluding carboxylic acids is 2. The summed E-state index contributed by atoms with van der Waals surface area (Å²) in [7, 11) is 1.24. The van der Waals surface area contributed by atoms with E-state index < -0.39 is 50.5 Å². The first-order valence-corrected chi connectivity index (χ1v) is 9.95. The van der Waals surface area contributed by atoms with Crippen LogP contribution in [0.1, 0.15) is 25.7 Å². The topological polar surface area (TPSA) is 133 Å². The van der Waals surface area contributed by atoms with Crippen LogP contribution in [0.5, 0.6) is 0 Å². The first-order chi connectivity index (χ1) is 11.4. The van der Waals surface area contributed by atoms with E-state index in [0.29, 0.717) is 19.3 Å². The number of esters is 1. The summed E-state index contributed by atoms with van der Waals surface area (Å²) in [6.07, 6.45) is 1.23. The molecule has 138 valence electrons. The van der Waals surface area contributed by atoms with Crippen molar-refractivity contribution in [1.82, 2.24) is 0 Å². The number of carbonyl (C=O) groups is 2. The molecule has 2 aliphatic carbocycles. The van der Waals surface area contributed by atoms with Crippen LogP contribution in [-0.4, -0.2) is 54.2 Å². The van der Waals surface area contributed by atoms with E-state index in [2.05, 4.69) is 0 Å². The molecule has 26 heavy (non-hydrogen) atoms. The van der Waals surface area contributed by atoms with Gasteiger partial charge in [0, 0.05) is 10.5 Å². The van der Waals surface area contributed by atoms with E-state index in [4.69, 9.17) is 9.47 Å². The molecule has 0 saturated heterocycles. The van der Waals surface area contributed by atoms with Crippen LogP contribution in [0.15, 0.2) is 0 Å². The predicted octanol–water partition coefficient (Wildman–Crippen LogP) is -6.11. The monoisotopic (exact) mass is 426 g/mol. The van der Waals surface area contributed by atoms with Gasteiger partial charge in [-0.2, -0.15) is 0 Å². The molecule has 2 rings (SSSR count). The Hall–Kier alpha value is 1.16. The van der Waals surface area contributed by atoms with Crippen LogP contribution in [0.25, 0.3) is 0 Å². The third kappa shape index (κ3) is 6.60. The van der Waals surface area contributed by atoms with Crippen molar-refractivity contribution >= 4 is 34.6 Å². The number of hydrogen-bond donors (Lipinski definition) is 0. The number of rotatable bonds is 6. The van der Waals surface area contributed by atoms with Crippen LogP contribution >= 0.6 is 0 Å². The van der Waals surface area contributed by atoms with Gasteiger partial charge in [-0.25, -0.2) is 0 Å². The maximum Gasteiger partial charge on any atom is 1.00 e. The van der Waals surface area contributed by atoms with Crippen LogP contribution < -0.4 is 59.1 Å². The van der Waals surface area contributed by atoms with Gasteiger partial charge in [-0.1, -0.05) is 22.2 Å². The zero-order chi connectivity index (χ0) is 17.9. The first-order valence-electron chi connectivity index (χ1n) is 7.68. The second-order valence-electron chi connectivity index (χ2n) is 6.39. The summed E-state index contributed by atoms with van der Waals surface area (Å²) in [6, 6.07) is 0. The number of fused-ring (bicyclic) bond motifs is 1. The Labute approximate surface area is 202 Å². The Morgan fingerprint density at radius 1 is 1.08 bits per heavy atom. The molecule has 0 aromatic rings. The third-order valence-electron chi connectivity index (χ3n) is 5.14. The SMILES string of the molecule is COC(=O)C1CC2CC(COC=O)CC(S(=O)[O-])C2C(S(=O)[O-])C1.[Na+].[Na+]. The Morgan fingerprint density at radius 3 is 2.15 bits per heavy atom. The molecular formula is C14H20Na2O8S2. The van der Waals surface area contributed by atoms with Crippen LogP contribution in [0, 0.1) is 23.7 Å². The summed E-state index contributed by atoms with van der Waals surface area (Å²) >= 11 is -4.92. The molecule has 0 aromatic carbocycles. The van der Waals surface area contributed by atoms with Gasteiger partial charge in [-0.3, -0.25) is 18.0 Å². The zero-order valence-corrected chi connectivity index (χ0v) is 20.8. The molecule has 0 bridgehead atoms. The van der Waals surface area contributed by atoms with Crippen LogP contribution in [0.4, 0.5) is 0 Å². The van der Waals surface area contributed by atoms with Crippen molar-refractivity contribution in [3.05, 3.63) is 0 Å². The first kappa shape index (κ1) is 27.2. The van der Waals surface area contributed by atoms with Gasteiger partial charge in [0.25, 0.3) is 6.47 Å². The second-order valence-corrected chi connectivity index (χ2v) is 8.65. The minimum Gasteiger partial charge on any atom is -0.772 e. The van der Waals surface area contributed by atoms with Gasteiger partial charge in [0.15, 0.2) is 0 Å². The molecule has 0 amide bonds. The minimum absolute atomic E-state index is 0. The van der Waals surface area contributed by atoms with Crippen molar-refractivity contribution in [1.29, 1.82) is 0 Å². The van der Waals surface area contributed by atoms with Gasteiger partial charge in [0.1, 0.15) is 0 Å². The van der Waals surface area contributed by atoms with Gasteiger partial charge in [-0.05, 0) is 43.4 Å². The molecule has 8 nitrogen and oxygen atoms in total. The standard InChI is InChI=1S/C14H22O8S2.2Na/c1-21-14(16)10-4-9-2-8(6-22-7-15)3-11(23(17)18)13(9)12(5-10)24(19)20;;/h7-13H,2-6H2,1H3,(H,17,18)(H,19,20);;/q;2*+1/p-2. The maximum absolute atomic E-state index is 11.9. The molecule has 2 fully saturated rings. The third-order valence-corrected chi connectivity index (χ3v) is 7.14. The van der Waals surface area contributed by atoms with Crippen molar-refractivity contribution in [3.8, 4) is 0 Å². The van der Waals surface area contributed by atoms with Crippen LogP contribution in [0.3, 0.4) is 0 Å². The molecule has 2 saturated carbocycles. The normalized spacial score (nSPS) is 35.5. The fourth-order valence-corrected chi connectivity index (χ4v) is 6.51. The fraction of sp³-hybridized carbons (Fsp3) is 0.857. The van der Waals surface area contributed by atoms with Crippen molar-refractivity contribution in [2.24, 2.45) is 23.7 Å². The molecule has 2 aliphatic rings. The van der Waals surface area contributed by atoms with Gasteiger partial charge >= 0.3 is 65.1 Å². The number of ether oxygens (including phenoxy) is 2. The summed E-state index contributed by atoms with van der Waals surface area (Å²) in [5.74, 6) is -2.00. The van der Waals surface area contributed by atoms with Crippen LogP contribution in [0.2, 0.25) is 0 Å². The molecule has 0 heterocycles. The summed E-state index contributed by atoms with van der Waals surface area (Å²) in [5, 5.41) is -1.73. The van der Waals surface area contributed by atoms with Gasteiger partial charge in [0.05, 0.1) is 19.6 Å². The molecule has 12 heteroatoms. The fourth-order valence-electron chi connectivity index (χ4n) is 4.25. The van der Waals surface area contributed by atoms with Crippen molar-refractivity contribution < 1.29 is 95.7 Å². The van der Waals surface area contributed by atoms with Gasteiger partial charge in [0.2, 0.25) is 0 Å². The summed E-state index contributed by atoms with van der Waals surface area (Å²) in [5.41, 5.74) is 0. The predicted molar refractivity (Wildman–Crippen MR) is 81.9 cm³/mol. The minimum atomic E-state index is -2.48. The summed E-state index contributed by atoms with van der Waals surface area (Å²) in [4.78, 5) is 22.2. The zero-order valence-electron chi connectivity index (χ0n) is 15.2. The van der Waals surface area contributed by atoms with Crippen molar-refractivity contribution in [2.45, 2.75) is 36.2 Å². The van der Waals surface area contributed by atoms with Gasteiger partial charge in [-0.15, -0.1) is 0 Å². The van der Waals surface area contributed by atoms with Gasteiger partial charge < -0.3 is 18.6 Å². The summed E-state index contributed by atoms with van der Waals surface area (Å²) < 4.78 is 56.1. The molecule has 0 N–H and O–H groups in total. The molecule has 8 atom stereocenters. The smallest absolute Gasteiger partial charge is 0.772 e. The molecule has 0 spiro atoms. The van der Waals surface area contributed by atoms with Crippen LogP contribution in [-0.2, 0) is 41.2 Å².